The molecule has 0 bridgehead atoms. The number of nitrogens with zero attached hydrogens (tertiary/aromatic N) is 1. The lowest BCUT2D eigenvalue weighted by Gasteiger charge is -2.33. The standard InChI is InChI=1S/C13H19NO4/c1-3-13(16)18-9-8-17-10-11-12(15)6-5-7-14(11)4-2/h3-4,11H,1-2,5-10H2. The Balaban J connectivity index is 2.24. The predicted octanol–water partition coefficient (Wildman–Crippen LogP) is 0.909. The number of piperidine rings is 1. The van der Waals surface area contributed by atoms with Gasteiger partial charge in [0.2, 0.25) is 0 Å². The molecule has 5 nitrogen and oxygen atoms in total. The first-order valence-corrected chi connectivity index (χ1v) is 5.97. The predicted molar refractivity (Wildman–Crippen MR) is 66.9 cm³/mol. The molecule has 1 aliphatic heterocycles. The van der Waals surface area contributed by atoms with E-state index in [0.29, 0.717) is 13.0 Å². The van der Waals surface area contributed by atoms with Crippen LogP contribution in [-0.2, 0) is 19.1 Å². The van der Waals surface area contributed by atoms with Gasteiger partial charge in [-0.25, -0.2) is 4.79 Å². The van der Waals surface area contributed by atoms with Gasteiger partial charge in [-0.1, -0.05) is 13.2 Å². The van der Waals surface area contributed by atoms with Crippen molar-refractivity contribution in [2.45, 2.75) is 18.9 Å². The van der Waals surface area contributed by atoms with Crippen LogP contribution in [-0.4, -0.2) is 49.1 Å². The fraction of sp³-hybridized carbons (Fsp3) is 0.538. The van der Waals surface area contributed by atoms with Crippen molar-refractivity contribution in [3.05, 3.63) is 25.4 Å². The smallest absolute Gasteiger partial charge is 0.330 e. The van der Waals surface area contributed by atoms with Crippen LogP contribution in [0.1, 0.15) is 12.8 Å². The lowest BCUT2D eigenvalue weighted by atomic mass is 10.0. The van der Waals surface area contributed by atoms with Crippen LogP contribution in [0.3, 0.4) is 0 Å². The average Bonchev–Trinajstić information content (AvgIpc) is 2.39. The molecule has 1 atom stereocenters. The molecule has 0 aromatic carbocycles. The number of esters is 1. The van der Waals surface area contributed by atoms with E-state index >= 15 is 0 Å². The number of hydrogen-bond acceptors (Lipinski definition) is 5. The minimum atomic E-state index is -0.472. The maximum atomic E-state index is 11.7. The van der Waals surface area contributed by atoms with Gasteiger partial charge in [0.05, 0.1) is 13.2 Å². The summed E-state index contributed by atoms with van der Waals surface area (Å²) in [4.78, 5) is 24.4. The van der Waals surface area contributed by atoms with Crippen LogP contribution in [0.4, 0.5) is 0 Å². The Morgan fingerprint density at radius 1 is 1.44 bits per heavy atom. The Morgan fingerprint density at radius 3 is 2.89 bits per heavy atom. The number of Topliss-reactive ketones (excluding diaryl/α,β-unsaturated/α-hetero) is 1. The third-order valence-corrected chi connectivity index (χ3v) is 2.76. The van der Waals surface area contributed by atoms with Crippen molar-refractivity contribution in [3.8, 4) is 0 Å². The fourth-order valence-corrected chi connectivity index (χ4v) is 1.81. The van der Waals surface area contributed by atoms with Gasteiger partial charge in [0, 0.05) is 19.0 Å². The van der Waals surface area contributed by atoms with Gasteiger partial charge in [-0.3, -0.25) is 4.79 Å². The summed E-state index contributed by atoms with van der Waals surface area (Å²) in [6, 6.07) is -0.258. The van der Waals surface area contributed by atoms with Crippen LogP contribution in [0.2, 0.25) is 0 Å². The van der Waals surface area contributed by atoms with E-state index in [1.165, 1.54) is 0 Å². The van der Waals surface area contributed by atoms with Crippen LogP contribution >= 0.6 is 0 Å². The number of hydrogen-bond donors (Lipinski definition) is 0. The molecule has 0 radical (unpaired) electrons. The zero-order chi connectivity index (χ0) is 13.4. The molecule has 0 N–H and O–H groups in total. The molecular formula is C13H19NO4. The van der Waals surface area contributed by atoms with Crippen molar-refractivity contribution in [2.75, 3.05) is 26.4 Å². The minimum Gasteiger partial charge on any atom is -0.460 e. The molecule has 0 aliphatic carbocycles. The number of ketones is 1. The van der Waals surface area contributed by atoms with Crippen molar-refractivity contribution in [2.24, 2.45) is 0 Å². The third kappa shape index (κ3) is 4.33. The molecule has 1 unspecified atom stereocenters. The molecule has 1 saturated heterocycles. The van der Waals surface area contributed by atoms with Crippen molar-refractivity contribution in [3.63, 3.8) is 0 Å². The molecule has 5 heteroatoms. The van der Waals surface area contributed by atoms with E-state index in [9.17, 15) is 9.59 Å². The molecule has 0 aromatic rings. The molecule has 1 heterocycles. The minimum absolute atomic E-state index is 0.167. The maximum Gasteiger partial charge on any atom is 0.330 e. The van der Waals surface area contributed by atoms with Gasteiger partial charge < -0.3 is 14.4 Å². The molecule has 1 fully saturated rings. The second kappa shape index (κ2) is 7.66. The highest BCUT2D eigenvalue weighted by Gasteiger charge is 2.27. The number of carbonyl (C=O) groups is 2. The first-order valence-electron chi connectivity index (χ1n) is 5.97. The monoisotopic (exact) mass is 253 g/mol. The highest BCUT2D eigenvalue weighted by atomic mass is 16.6. The zero-order valence-corrected chi connectivity index (χ0v) is 10.5. The van der Waals surface area contributed by atoms with E-state index < -0.39 is 5.97 Å². The van der Waals surface area contributed by atoms with Crippen LogP contribution in [0.15, 0.2) is 25.4 Å². The van der Waals surface area contributed by atoms with Crippen LogP contribution < -0.4 is 0 Å². The van der Waals surface area contributed by atoms with Gasteiger partial charge in [-0.2, -0.15) is 0 Å². The molecule has 0 amide bonds. The molecular weight excluding hydrogens is 234 g/mol. The van der Waals surface area contributed by atoms with Crippen LogP contribution in [0, 0.1) is 0 Å². The van der Waals surface area contributed by atoms with Crippen molar-refractivity contribution >= 4 is 11.8 Å². The van der Waals surface area contributed by atoms with E-state index in [1.807, 2.05) is 4.90 Å². The topological polar surface area (TPSA) is 55.8 Å². The van der Waals surface area contributed by atoms with Gasteiger partial charge in [0.25, 0.3) is 0 Å². The molecule has 1 aliphatic rings. The Morgan fingerprint density at radius 2 is 2.22 bits per heavy atom. The first kappa shape index (κ1) is 14.4. The van der Waals surface area contributed by atoms with Crippen LogP contribution in [0.5, 0.6) is 0 Å². The second-order valence-electron chi connectivity index (χ2n) is 3.95. The molecule has 100 valence electrons. The summed E-state index contributed by atoms with van der Waals surface area (Å²) in [5.74, 6) is -0.302. The third-order valence-electron chi connectivity index (χ3n) is 2.76. The Kier molecular flexibility index (Phi) is 6.14. The molecule has 1 rings (SSSR count). The van der Waals surface area contributed by atoms with Gasteiger partial charge >= 0.3 is 5.97 Å². The highest BCUT2D eigenvalue weighted by Crippen LogP contribution is 2.14. The van der Waals surface area contributed by atoms with Crippen molar-refractivity contribution in [1.82, 2.24) is 4.90 Å². The zero-order valence-electron chi connectivity index (χ0n) is 10.5. The van der Waals surface area contributed by atoms with Crippen LogP contribution in [0.25, 0.3) is 0 Å². The summed E-state index contributed by atoms with van der Waals surface area (Å²) < 4.78 is 10.1. The van der Waals surface area contributed by atoms with Gasteiger partial charge in [0.15, 0.2) is 5.78 Å². The Bertz CT molecular complexity index is 327. The van der Waals surface area contributed by atoms with Gasteiger partial charge in [-0.05, 0) is 12.6 Å². The maximum absolute atomic E-state index is 11.7. The number of rotatable bonds is 7. The summed E-state index contributed by atoms with van der Waals surface area (Å²) >= 11 is 0. The molecule has 0 spiro atoms. The molecule has 0 aromatic heterocycles. The van der Waals surface area contributed by atoms with Crippen molar-refractivity contribution in [1.29, 1.82) is 0 Å². The second-order valence-corrected chi connectivity index (χ2v) is 3.95. The summed E-state index contributed by atoms with van der Waals surface area (Å²) in [5.41, 5.74) is 0. The molecule has 18 heavy (non-hydrogen) atoms. The first-order chi connectivity index (χ1) is 8.69. The summed E-state index contributed by atoms with van der Waals surface area (Å²) in [5, 5.41) is 0. The summed E-state index contributed by atoms with van der Waals surface area (Å²) in [6.07, 6.45) is 4.22. The number of likely N-dealkylation sites (tertiary alicyclic amines) is 1. The van der Waals surface area contributed by atoms with Gasteiger partial charge in [-0.15, -0.1) is 0 Å². The quantitative estimate of drug-likeness (QED) is 0.383. The lowest BCUT2D eigenvalue weighted by molar-refractivity contribution is -0.140. The molecule has 0 saturated carbocycles. The largest absolute Gasteiger partial charge is 0.460 e. The SMILES string of the molecule is C=CC(=O)OCCOCC1C(=O)CCCN1C=C. The van der Waals surface area contributed by atoms with E-state index in [0.717, 1.165) is 19.0 Å². The van der Waals surface area contributed by atoms with E-state index in [4.69, 9.17) is 9.47 Å². The summed E-state index contributed by atoms with van der Waals surface area (Å²) in [7, 11) is 0. The normalized spacial score (nSPS) is 19.4. The van der Waals surface area contributed by atoms with Gasteiger partial charge in [0.1, 0.15) is 12.6 Å². The average molecular weight is 253 g/mol. The highest BCUT2D eigenvalue weighted by molar-refractivity contribution is 5.85. The van der Waals surface area contributed by atoms with E-state index in [-0.39, 0.29) is 25.0 Å². The fourth-order valence-electron chi connectivity index (χ4n) is 1.81. The summed E-state index contributed by atoms with van der Waals surface area (Å²) in [6.45, 7) is 8.54. The Hall–Kier alpha value is -1.62. The van der Waals surface area contributed by atoms with E-state index in [1.54, 1.807) is 6.20 Å². The number of ether oxygens (including phenoxy) is 2. The van der Waals surface area contributed by atoms with Crippen molar-refractivity contribution < 1.29 is 19.1 Å². The number of carbonyl (C=O) groups excluding carboxylic acids is 2. The Labute approximate surface area is 107 Å². The lowest BCUT2D eigenvalue weighted by Crippen LogP contribution is -2.45. The van der Waals surface area contributed by atoms with E-state index in [2.05, 4.69) is 13.2 Å².